The maximum absolute atomic E-state index is 13.1. The smallest absolute Gasteiger partial charge is 0.335 e. The first-order valence-corrected chi connectivity index (χ1v) is 31.6. The van der Waals surface area contributed by atoms with E-state index in [1.165, 1.54) is 141 Å². The lowest BCUT2D eigenvalue weighted by atomic mass is 9.98. The van der Waals surface area contributed by atoms with Crippen LogP contribution in [0.5, 0.6) is 0 Å². The van der Waals surface area contributed by atoms with Crippen molar-refractivity contribution in [1.82, 2.24) is 0 Å². The van der Waals surface area contributed by atoms with Crippen LogP contribution < -0.4 is 0 Å². The number of carboxylic acids is 1. The maximum atomic E-state index is 13.1. The Balaban J connectivity index is 2.59. The van der Waals surface area contributed by atoms with Gasteiger partial charge in [-0.2, -0.15) is 0 Å². The molecule has 1 saturated heterocycles. The fourth-order valence-corrected chi connectivity index (χ4v) is 9.49. The van der Waals surface area contributed by atoms with Gasteiger partial charge in [0.1, 0.15) is 18.8 Å². The summed E-state index contributed by atoms with van der Waals surface area (Å²) >= 11 is 0. The molecule has 12 heteroatoms. The topological polar surface area (TPSA) is 175 Å². The first kappa shape index (κ1) is 71.7. The largest absolute Gasteiger partial charge is 0.479 e. The molecule has 0 spiro atoms. The Morgan fingerprint density at radius 3 is 1.19 bits per heavy atom. The second-order valence-electron chi connectivity index (χ2n) is 21.7. The van der Waals surface area contributed by atoms with Gasteiger partial charge in [0, 0.05) is 19.3 Å². The van der Waals surface area contributed by atoms with Gasteiger partial charge in [-0.15, -0.1) is 0 Å². The highest BCUT2D eigenvalue weighted by atomic mass is 16.7. The summed E-state index contributed by atoms with van der Waals surface area (Å²) in [5.41, 5.74) is 0. The van der Waals surface area contributed by atoms with Gasteiger partial charge in [0.25, 0.3) is 0 Å². The molecule has 0 aromatic rings. The summed E-state index contributed by atoms with van der Waals surface area (Å²) in [6.45, 7) is 5.94. The Morgan fingerprint density at radius 1 is 0.429 bits per heavy atom. The van der Waals surface area contributed by atoms with E-state index in [1.54, 1.807) is 0 Å². The third-order valence-electron chi connectivity index (χ3n) is 14.4. The predicted molar refractivity (Wildman–Crippen MR) is 312 cm³/mol. The summed E-state index contributed by atoms with van der Waals surface area (Å²) < 4.78 is 28.4. The van der Waals surface area contributed by atoms with E-state index in [1.807, 2.05) is 0 Å². The zero-order valence-electron chi connectivity index (χ0n) is 49.2. The summed E-state index contributed by atoms with van der Waals surface area (Å²) in [4.78, 5) is 51.1. The number of allylic oxidation sites excluding steroid dienone is 8. The minimum absolute atomic E-state index is 0.0574. The molecule has 0 amide bonds. The Kier molecular flexibility index (Phi) is 49.7. The Hall–Kier alpha value is -3.32. The molecule has 12 nitrogen and oxygen atoms in total. The highest BCUT2D eigenvalue weighted by Gasteiger charge is 2.50. The SMILES string of the molecule is CCCCC/C=C\C/C=C\CCCCCCCCCCCC(=O)OCC(COC1OC(C(=O)O)C(O)C(O)C1OC(=O)CCCCCCCCCCC/C=C\C/C=C\CCCCC)OC(=O)CCCCCCCCCCC. The van der Waals surface area contributed by atoms with Crippen molar-refractivity contribution in [3.8, 4) is 0 Å². The number of aliphatic hydroxyl groups is 2. The van der Waals surface area contributed by atoms with E-state index in [4.69, 9.17) is 23.7 Å². The second-order valence-corrected chi connectivity index (χ2v) is 21.7. The average molecular weight is 1090 g/mol. The van der Waals surface area contributed by atoms with Gasteiger partial charge < -0.3 is 39.0 Å². The highest BCUT2D eigenvalue weighted by Crippen LogP contribution is 2.27. The van der Waals surface area contributed by atoms with Gasteiger partial charge in [-0.25, -0.2) is 4.79 Å². The minimum atomic E-state index is -1.90. The molecule has 0 aromatic heterocycles. The summed E-state index contributed by atoms with van der Waals surface area (Å²) in [5.74, 6) is -3.11. The van der Waals surface area contributed by atoms with Crippen molar-refractivity contribution in [2.75, 3.05) is 13.2 Å². The van der Waals surface area contributed by atoms with Gasteiger partial charge >= 0.3 is 23.9 Å². The normalized spacial score (nSPS) is 18.3. The lowest BCUT2D eigenvalue weighted by Gasteiger charge is -2.40. The molecule has 1 heterocycles. The number of aliphatic hydroxyl groups excluding tert-OH is 2. The van der Waals surface area contributed by atoms with Gasteiger partial charge in [-0.05, 0) is 83.5 Å². The average Bonchev–Trinajstić information content (AvgIpc) is 3.42. The van der Waals surface area contributed by atoms with E-state index >= 15 is 0 Å². The van der Waals surface area contributed by atoms with Crippen molar-refractivity contribution >= 4 is 23.9 Å². The molecule has 1 fully saturated rings. The van der Waals surface area contributed by atoms with Gasteiger partial charge in [-0.1, -0.05) is 236 Å². The third-order valence-corrected chi connectivity index (χ3v) is 14.4. The van der Waals surface area contributed by atoms with Crippen molar-refractivity contribution in [1.29, 1.82) is 0 Å². The maximum Gasteiger partial charge on any atom is 0.335 e. The van der Waals surface area contributed by atoms with Gasteiger partial charge in [-0.3, -0.25) is 14.4 Å². The number of ether oxygens (including phenoxy) is 5. The predicted octanol–water partition coefficient (Wildman–Crippen LogP) is 16.6. The lowest BCUT2D eigenvalue weighted by molar-refractivity contribution is -0.301. The molecular formula is C65H114O12. The van der Waals surface area contributed by atoms with E-state index in [0.29, 0.717) is 19.3 Å². The molecular weight excluding hydrogens is 973 g/mol. The van der Waals surface area contributed by atoms with E-state index in [2.05, 4.69) is 69.4 Å². The molecule has 0 saturated carbocycles. The number of esters is 3. The lowest BCUT2D eigenvalue weighted by Crippen LogP contribution is -2.61. The Bertz CT molecular complexity index is 1520. The molecule has 0 radical (unpaired) electrons. The number of carbonyl (C=O) groups excluding carboxylic acids is 3. The molecule has 1 rings (SSSR count). The quantitative estimate of drug-likeness (QED) is 0.0228. The van der Waals surface area contributed by atoms with Crippen molar-refractivity contribution < 1.29 is 58.2 Å². The number of hydrogen-bond acceptors (Lipinski definition) is 11. The summed E-state index contributed by atoms with van der Waals surface area (Å²) in [5, 5.41) is 31.5. The number of rotatable bonds is 54. The first-order valence-electron chi connectivity index (χ1n) is 31.6. The number of aliphatic carboxylic acids is 1. The molecule has 1 aliphatic rings. The minimum Gasteiger partial charge on any atom is -0.479 e. The fourth-order valence-electron chi connectivity index (χ4n) is 9.49. The fraction of sp³-hybridized carbons (Fsp3) is 0.815. The standard InChI is InChI=1S/C65H114O12/c1-4-7-10-13-16-19-21-23-25-27-29-31-33-35-37-40-42-45-48-51-57(66)73-54-56(75-58(67)52-49-46-43-39-18-15-12-9-6-3)55-74-65-63(61(70)60(69)62(77-65)64(71)72)76-59(68)53-50-47-44-41-38-36-34-32-30-28-26-24-22-20-17-14-11-8-5-2/h16-17,19-20,23-26,56,60-63,65,69-70H,4-15,18,21-22,27-55H2,1-3H3,(H,71,72)/b19-16-,20-17-,25-23-,26-24-. The van der Waals surface area contributed by atoms with Crippen molar-refractivity contribution in [2.45, 2.75) is 327 Å². The summed E-state index contributed by atoms with van der Waals surface area (Å²) in [6.07, 6.45) is 52.3. The Morgan fingerprint density at radius 2 is 0.779 bits per heavy atom. The van der Waals surface area contributed by atoms with Gasteiger partial charge in [0.05, 0.1) is 6.61 Å². The zero-order valence-corrected chi connectivity index (χ0v) is 49.2. The van der Waals surface area contributed by atoms with Crippen LogP contribution in [-0.4, -0.2) is 89.2 Å². The molecule has 0 aliphatic carbocycles. The van der Waals surface area contributed by atoms with Crippen molar-refractivity contribution in [2.24, 2.45) is 0 Å². The summed E-state index contributed by atoms with van der Waals surface area (Å²) in [6, 6.07) is 0. The molecule has 0 aromatic carbocycles. The van der Waals surface area contributed by atoms with Crippen LogP contribution in [0, 0.1) is 0 Å². The zero-order chi connectivity index (χ0) is 56.1. The highest BCUT2D eigenvalue weighted by molar-refractivity contribution is 5.74. The molecule has 6 atom stereocenters. The van der Waals surface area contributed by atoms with Crippen molar-refractivity contribution in [3.63, 3.8) is 0 Å². The van der Waals surface area contributed by atoms with Crippen LogP contribution in [0.2, 0.25) is 0 Å². The van der Waals surface area contributed by atoms with Crippen LogP contribution in [0.1, 0.15) is 290 Å². The number of hydrogen-bond donors (Lipinski definition) is 3. The van der Waals surface area contributed by atoms with E-state index in [-0.39, 0.29) is 25.9 Å². The molecule has 0 bridgehead atoms. The molecule has 6 unspecified atom stereocenters. The molecule has 1 aliphatic heterocycles. The van der Waals surface area contributed by atoms with Crippen LogP contribution in [0.25, 0.3) is 0 Å². The molecule has 446 valence electrons. The van der Waals surface area contributed by atoms with Gasteiger partial charge in [0.2, 0.25) is 0 Å². The Labute approximate surface area is 469 Å². The van der Waals surface area contributed by atoms with Crippen molar-refractivity contribution in [3.05, 3.63) is 48.6 Å². The molecule has 77 heavy (non-hydrogen) atoms. The monoisotopic (exact) mass is 1090 g/mol. The van der Waals surface area contributed by atoms with Crippen LogP contribution in [0.15, 0.2) is 48.6 Å². The summed E-state index contributed by atoms with van der Waals surface area (Å²) in [7, 11) is 0. The van der Waals surface area contributed by atoms with Crippen LogP contribution in [0.3, 0.4) is 0 Å². The van der Waals surface area contributed by atoms with Gasteiger partial charge in [0.15, 0.2) is 24.6 Å². The first-order chi connectivity index (χ1) is 37.6. The van der Waals surface area contributed by atoms with Crippen LogP contribution >= 0.6 is 0 Å². The van der Waals surface area contributed by atoms with E-state index in [9.17, 15) is 34.5 Å². The third kappa shape index (κ3) is 43.2. The number of carbonyl (C=O) groups is 4. The van der Waals surface area contributed by atoms with Crippen LogP contribution in [-0.2, 0) is 42.9 Å². The second kappa shape index (κ2) is 53.3. The number of unbranched alkanes of at least 4 members (excludes halogenated alkanes) is 32. The number of carboxylic acid groups (broad SMARTS) is 1. The van der Waals surface area contributed by atoms with E-state index in [0.717, 1.165) is 89.9 Å². The molecule has 3 N–H and O–H groups in total. The van der Waals surface area contributed by atoms with E-state index < -0.39 is 67.3 Å². The van der Waals surface area contributed by atoms with Crippen LogP contribution in [0.4, 0.5) is 0 Å².